The number of urea groups is 1. The second kappa shape index (κ2) is 16.5. The summed E-state index contributed by atoms with van der Waals surface area (Å²) in [5, 5.41) is 17.4. The number of esters is 1. The Hall–Kier alpha value is -4.33. The van der Waals surface area contributed by atoms with E-state index in [1.807, 2.05) is 36.1 Å². The minimum absolute atomic E-state index is 0.000245. The largest absolute Gasteiger partial charge is 0.481 e. The van der Waals surface area contributed by atoms with Crippen molar-refractivity contribution in [3.8, 4) is 0 Å². The number of thioether (sulfide) groups is 1. The number of halogens is 2. The van der Waals surface area contributed by atoms with Crippen molar-refractivity contribution in [1.29, 1.82) is 0 Å². The lowest BCUT2D eigenvalue weighted by atomic mass is 9.95. The Morgan fingerprint density at radius 3 is 2.79 bits per heavy atom. The molecule has 2 heterocycles. The Morgan fingerprint density at radius 1 is 1.32 bits per heavy atom. The number of amides is 2. The van der Waals surface area contributed by atoms with Crippen LogP contribution in [-0.4, -0.2) is 73.1 Å². The van der Waals surface area contributed by atoms with Crippen molar-refractivity contribution in [2.75, 3.05) is 38.2 Å². The van der Waals surface area contributed by atoms with E-state index in [1.54, 1.807) is 10.3 Å². The molecule has 0 aromatic heterocycles. The van der Waals surface area contributed by atoms with Crippen molar-refractivity contribution in [3.63, 3.8) is 0 Å². The van der Waals surface area contributed by atoms with Gasteiger partial charge < -0.3 is 31.1 Å². The SMILES string of the molecule is C=C(S/C=C\N)C1=N[C@@H](c2ccc(F)cc2Cl)C(C(=O)OC)=C(CNC[C@H]2CN(c3cccc(CCC(=O)O)c3)C(=O)N2CCC)N1. The van der Waals surface area contributed by atoms with Crippen LogP contribution in [0.2, 0.25) is 5.02 Å². The van der Waals surface area contributed by atoms with Crippen molar-refractivity contribution < 1.29 is 28.6 Å². The van der Waals surface area contributed by atoms with E-state index in [4.69, 9.17) is 32.2 Å². The van der Waals surface area contributed by atoms with Gasteiger partial charge in [-0.15, -0.1) is 0 Å². The molecule has 0 saturated carbocycles. The Morgan fingerprint density at radius 2 is 2.11 bits per heavy atom. The highest BCUT2D eigenvalue weighted by atomic mass is 35.5. The zero-order valence-electron chi connectivity index (χ0n) is 26.2. The van der Waals surface area contributed by atoms with E-state index in [-0.39, 0.29) is 35.6 Å². The number of rotatable bonds is 15. The fourth-order valence-corrected chi connectivity index (χ4v) is 6.18. The number of carboxylic acid groups (broad SMARTS) is 1. The second-order valence-electron chi connectivity index (χ2n) is 10.9. The van der Waals surface area contributed by atoms with Gasteiger partial charge in [-0.25, -0.2) is 14.0 Å². The van der Waals surface area contributed by atoms with Crippen LogP contribution in [0.25, 0.3) is 0 Å². The molecule has 47 heavy (non-hydrogen) atoms. The molecule has 2 aromatic carbocycles. The van der Waals surface area contributed by atoms with E-state index < -0.39 is 23.8 Å². The lowest BCUT2D eigenvalue weighted by molar-refractivity contribution is -0.137. The van der Waals surface area contributed by atoms with Crippen LogP contribution in [0.1, 0.15) is 36.9 Å². The summed E-state index contributed by atoms with van der Waals surface area (Å²) < 4.78 is 19.1. The van der Waals surface area contributed by atoms with E-state index in [1.165, 1.54) is 37.2 Å². The lowest BCUT2D eigenvalue weighted by Gasteiger charge is -2.29. The first-order valence-electron chi connectivity index (χ1n) is 15.0. The molecule has 2 amide bonds. The van der Waals surface area contributed by atoms with Crippen molar-refractivity contribution in [1.82, 2.24) is 15.5 Å². The number of nitrogens with zero attached hydrogens (tertiary/aromatic N) is 3. The summed E-state index contributed by atoms with van der Waals surface area (Å²) in [6, 6.07) is 10.0. The highest BCUT2D eigenvalue weighted by Crippen LogP contribution is 2.37. The van der Waals surface area contributed by atoms with Crippen molar-refractivity contribution in [2.24, 2.45) is 10.7 Å². The summed E-state index contributed by atoms with van der Waals surface area (Å²) in [6.07, 6.45) is 2.49. The van der Waals surface area contributed by atoms with Gasteiger partial charge in [0.25, 0.3) is 0 Å². The normalized spacial score (nSPS) is 18.0. The summed E-state index contributed by atoms with van der Waals surface area (Å²) in [7, 11) is 1.27. The molecule has 1 saturated heterocycles. The van der Waals surface area contributed by atoms with Crippen LogP contribution in [0.3, 0.4) is 0 Å². The monoisotopic (exact) mass is 684 g/mol. The van der Waals surface area contributed by atoms with Crippen molar-refractivity contribution >= 4 is 52.9 Å². The molecule has 0 unspecified atom stereocenters. The number of nitrogens with one attached hydrogen (secondary N) is 2. The van der Waals surface area contributed by atoms with Gasteiger partial charge in [-0.3, -0.25) is 14.7 Å². The first kappa shape index (κ1) is 35.5. The molecule has 0 radical (unpaired) electrons. The Balaban J connectivity index is 1.59. The van der Waals surface area contributed by atoms with Gasteiger partial charge in [0, 0.05) is 65.7 Å². The zero-order valence-corrected chi connectivity index (χ0v) is 27.7. The highest BCUT2D eigenvalue weighted by molar-refractivity contribution is 8.06. The maximum Gasteiger partial charge on any atom is 0.338 e. The molecular weight excluding hydrogens is 647 g/mol. The molecule has 0 spiro atoms. The number of hydrogen-bond acceptors (Lipinski definition) is 9. The van der Waals surface area contributed by atoms with Crippen molar-refractivity contribution in [2.45, 2.75) is 38.3 Å². The summed E-state index contributed by atoms with van der Waals surface area (Å²) in [4.78, 5) is 46.6. The van der Waals surface area contributed by atoms with E-state index >= 15 is 0 Å². The summed E-state index contributed by atoms with van der Waals surface area (Å²) in [5.41, 5.74) is 8.12. The topological polar surface area (TPSA) is 150 Å². The first-order chi connectivity index (χ1) is 22.6. The van der Waals surface area contributed by atoms with Crippen LogP contribution in [0.15, 0.2) is 81.8 Å². The van der Waals surface area contributed by atoms with E-state index in [9.17, 15) is 18.8 Å². The zero-order chi connectivity index (χ0) is 34.1. The number of carbonyl (C=O) groups is 3. The van der Waals surface area contributed by atoms with Crippen LogP contribution >= 0.6 is 23.4 Å². The molecule has 2 aliphatic heterocycles. The maximum atomic E-state index is 14.0. The summed E-state index contributed by atoms with van der Waals surface area (Å²) in [5.74, 6) is -1.67. The average Bonchev–Trinajstić information content (AvgIpc) is 3.36. The van der Waals surface area contributed by atoms with E-state index in [2.05, 4.69) is 17.2 Å². The lowest BCUT2D eigenvalue weighted by Crippen LogP contribution is -2.44. The number of carboxylic acids is 1. The Kier molecular flexibility index (Phi) is 12.5. The molecule has 250 valence electrons. The van der Waals surface area contributed by atoms with E-state index in [0.717, 1.165) is 18.1 Å². The third-order valence-electron chi connectivity index (χ3n) is 7.65. The molecule has 1 fully saturated rings. The molecule has 11 nitrogen and oxygen atoms in total. The Bertz CT molecular complexity index is 1620. The average molecular weight is 685 g/mol. The van der Waals surface area contributed by atoms with Gasteiger partial charge >= 0.3 is 18.0 Å². The fourth-order valence-electron chi connectivity index (χ4n) is 5.46. The first-order valence-corrected chi connectivity index (χ1v) is 16.3. The molecule has 14 heteroatoms. The number of aliphatic carboxylic acids is 1. The van der Waals surface area contributed by atoms with Crippen LogP contribution in [-0.2, 0) is 20.7 Å². The molecule has 2 aliphatic rings. The molecule has 0 bridgehead atoms. The second-order valence-corrected chi connectivity index (χ2v) is 12.3. The van der Waals surface area contributed by atoms with Gasteiger partial charge in [0.1, 0.15) is 17.7 Å². The molecule has 5 N–H and O–H groups in total. The van der Waals surface area contributed by atoms with Gasteiger partial charge in [-0.2, -0.15) is 0 Å². The van der Waals surface area contributed by atoms with Crippen LogP contribution in [0, 0.1) is 5.82 Å². The number of carbonyl (C=O) groups excluding carboxylic acids is 2. The molecule has 2 atom stereocenters. The highest BCUT2D eigenvalue weighted by Gasteiger charge is 2.38. The Labute approximate surface area is 282 Å². The number of aliphatic imine (C=N–C) groups is 1. The van der Waals surface area contributed by atoms with Crippen LogP contribution in [0.4, 0.5) is 14.9 Å². The molecule has 0 aliphatic carbocycles. The minimum atomic E-state index is -0.920. The predicted molar refractivity (Wildman–Crippen MR) is 183 cm³/mol. The quantitative estimate of drug-likeness (QED) is 0.191. The number of nitrogens with two attached hydrogens (primary N) is 1. The van der Waals surface area contributed by atoms with Crippen LogP contribution < -0.4 is 21.3 Å². The third-order valence-corrected chi connectivity index (χ3v) is 8.75. The van der Waals surface area contributed by atoms with Crippen molar-refractivity contribution in [3.05, 3.63) is 98.8 Å². The fraction of sp³-hybridized carbons (Fsp3) is 0.333. The van der Waals surface area contributed by atoms with Gasteiger partial charge in [0.2, 0.25) is 0 Å². The molecular formula is C33H38ClFN6O5S. The number of aryl methyl sites for hydroxylation is 1. The minimum Gasteiger partial charge on any atom is -0.481 e. The van der Waals surface area contributed by atoms with Gasteiger partial charge in [0.15, 0.2) is 0 Å². The van der Waals surface area contributed by atoms with E-state index in [0.29, 0.717) is 53.7 Å². The van der Waals surface area contributed by atoms with Gasteiger partial charge in [-0.05, 0) is 48.1 Å². The van der Waals surface area contributed by atoms with Gasteiger partial charge in [0.05, 0.1) is 18.7 Å². The summed E-state index contributed by atoms with van der Waals surface area (Å²) >= 11 is 7.68. The number of ether oxygens (including phenoxy) is 1. The van der Waals surface area contributed by atoms with Gasteiger partial charge in [-0.1, -0.05) is 55.1 Å². The smallest absolute Gasteiger partial charge is 0.338 e. The number of benzene rings is 2. The number of hydrogen-bond donors (Lipinski definition) is 4. The predicted octanol–water partition coefficient (Wildman–Crippen LogP) is 4.95. The number of anilines is 1. The summed E-state index contributed by atoms with van der Waals surface area (Å²) in [6.45, 7) is 7.59. The number of methoxy groups -OCH3 is 1. The van der Waals surface area contributed by atoms with Crippen LogP contribution in [0.5, 0.6) is 0 Å². The molecule has 2 aromatic rings. The number of amidine groups is 1. The molecule has 4 rings (SSSR count). The standard InChI is InChI=1S/C33H38ClFN6O5S/c1-4-13-40-24(19-41(33(40)45)23-7-5-6-21(15-23)8-11-28(42)43)17-37-18-27-29(32(44)46-3)30(25-10-9-22(35)16-26(25)34)39-31(38-27)20(2)47-14-12-36/h5-7,9-10,12,14-16,24,30,37H,2,4,8,11,13,17-19,36H2,1,3H3,(H,38,39)(H,42,43)/b14-12-/t24-,30-/m0/s1. The third kappa shape index (κ3) is 8.73. The maximum absolute atomic E-state index is 14.0.